The first-order valence-corrected chi connectivity index (χ1v) is 7.07. The molecule has 1 aromatic carbocycles. The third-order valence-corrected chi connectivity index (χ3v) is 3.75. The molecule has 0 radical (unpaired) electrons. The second kappa shape index (κ2) is 6.84. The summed E-state index contributed by atoms with van der Waals surface area (Å²) in [5, 5.41) is 0.775. The molecule has 3 nitrogen and oxygen atoms in total. The van der Waals surface area contributed by atoms with E-state index in [2.05, 4.69) is 36.0 Å². The molecule has 0 bridgehead atoms. The van der Waals surface area contributed by atoms with Crippen molar-refractivity contribution in [3.63, 3.8) is 0 Å². The lowest BCUT2D eigenvalue weighted by molar-refractivity contribution is 0.253. The minimum atomic E-state index is 0.295. The second-order valence-electron chi connectivity index (χ2n) is 5.01. The van der Waals surface area contributed by atoms with Crippen LogP contribution >= 0.6 is 11.6 Å². The topological polar surface area (TPSA) is 42.2 Å². The Hall–Kier alpha value is -1.42. The van der Waals surface area contributed by atoms with Crippen LogP contribution in [-0.2, 0) is 13.1 Å². The van der Waals surface area contributed by atoms with Crippen molar-refractivity contribution in [2.75, 3.05) is 7.05 Å². The molecule has 1 unspecified atom stereocenters. The van der Waals surface area contributed by atoms with Crippen LogP contribution in [0.2, 0.25) is 5.02 Å². The molecule has 1 heterocycles. The van der Waals surface area contributed by atoms with Gasteiger partial charge in [0, 0.05) is 30.4 Å². The summed E-state index contributed by atoms with van der Waals surface area (Å²) in [6.45, 7) is 3.50. The van der Waals surface area contributed by atoms with Gasteiger partial charge < -0.3 is 5.73 Å². The van der Waals surface area contributed by atoms with E-state index in [1.165, 1.54) is 11.1 Å². The van der Waals surface area contributed by atoms with Crippen LogP contribution in [0, 0.1) is 0 Å². The Labute approximate surface area is 125 Å². The Morgan fingerprint density at radius 2 is 2.10 bits per heavy atom. The predicted molar refractivity (Wildman–Crippen MR) is 83.5 cm³/mol. The highest BCUT2D eigenvalue weighted by molar-refractivity contribution is 6.30. The smallest absolute Gasteiger partial charge is 0.0542 e. The molecule has 0 saturated carbocycles. The van der Waals surface area contributed by atoms with E-state index in [0.29, 0.717) is 12.6 Å². The van der Waals surface area contributed by atoms with Gasteiger partial charge in [0.25, 0.3) is 0 Å². The van der Waals surface area contributed by atoms with E-state index < -0.39 is 0 Å². The number of halogens is 1. The average molecular weight is 290 g/mol. The molecule has 0 fully saturated rings. The number of benzene rings is 1. The molecule has 4 heteroatoms. The Balaban J connectivity index is 2.09. The quantitative estimate of drug-likeness (QED) is 0.917. The zero-order valence-electron chi connectivity index (χ0n) is 11.9. The first-order chi connectivity index (χ1) is 9.60. The molecular formula is C16H20ClN3. The third kappa shape index (κ3) is 3.79. The van der Waals surface area contributed by atoms with Crippen molar-refractivity contribution in [3.8, 4) is 0 Å². The lowest BCUT2D eigenvalue weighted by Gasteiger charge is -2.25. The third-order valence-electron chi connectivity index (χ3n) is 3.51. The van der Waals surface area contributed by atoms with Gasteiger partial charge in [0.2, 0.25) is 0 Å². The minimum Gasteiger partial charge on any atom is -0.325 e. The predicted octanol–water partition coefficient (Wildman–Crippen LogP) is 3.39. The van der Waals surface area contributed by atoms with Crippen molar-refractivity contribution in [2.45, 2.75) is 26.1 Å². The zero-order valence-corrected chi connectivity index (χ0v) is 12.6. The first kappa shape index (κ1) is 15.0. The summed E-state index contributed by atoms with van der Waals surface area (Å²) in [5.74, 6) is 0. The molecule has 0 saturated heterocycles. The Morgan fingerprint density at radius 3 is 2.80 bits per heavy atom. The fourth-order valence-electron chi connectivity index (χ4n) is 2.18. The van der Waals surface area contributed by atoms with Crippen LogP contribution in [0.3, 0.4) is 0 Å². The fourth-order valence-corrected chi connectivity index (χ4v) is 2.38. The monoisotopic (exact) mass is 289 g/mol. The van der Waals surface area contributed by atoms with Gasteiger partial charge in [-0.3, -0.25) is 9.88 Å². The molecule has 1 aromatic heterocycles. The van der Waals surface area contributed by atoms with Crippen molar-refractivity contribution in [1.82, 2.24) is 9.88 Å². The highest BCUT2D eigenvalue weighted by atomic mass is 35.5. The normalized spacial score (nSPS) is 12.7. The Kier molecular flexibility index (Phi) is 5.12. The maximum absolute atomic E-state index is 6.05. The number of rotatable bonds is 5. The van der Waals surface area contributed by atoms with Crippen LogP contribution < -0.4 is 5.73 Å². The van der Waals surface area contributed by atoms with E-state index in [-0.39, 0.29) is 0 Å². The number of pyridine rings is 1. The van der Waals surface area contributed by atoms with Crippen LogP contribution in [0.5, 0.6) is 0 Å². The summed E-state index contributed by atoms with van der Waals surface area (Å²) in [6.07, 6.45) is 1.81. The molecular weight excluding hydrogens is 270 g/mol. The number of aromatic nitrogens is 1. The van der Waals surface area contributed by atoms with E-state index >= 15 is 0 Å². The van der Waals surface area contributed by atoms with E-state index in [0.717, 1.165) is 17.3 Å². The van der Waals surface area contributed by atoms with Crippen molar-refractivity contribution < 1.29 is 0 Å². The van der Waals surface area contributed by atoms with Crippen molar-refractivity contribution in [3.05, 3.63) is 64.4 Å². The maximum atomic E-state index is 6.05. The van der Waals surface area contributed by atoms with Gasteiger partial charge in [-0.1, -0.05) is 23.7 Å². The molecule has 0 aliphatic rings. The van der Waals surface area contributed by atoms with Gasteiger partial charge in [0.05, 0.1) is 5.69 Å². The lowest BCUT2D eigenvalue weighted by Crippen LogP contribution is -2.22. The number of hydrogen-bond donors (Lipinski definition) is 1. The largest absolute Gasteiger partial charge is 0.325 e. The summed E-state index contributed by atoms with van der Waals surface area (Å²) >= 11 is 6.05. The van der Waals surface area contributed by atoms with Gasteiger partial charge in [0.15, 0.2) is 0 Å². The van der Waals surface area contributed by atoms with E-state index in [1.54, 1.807) is 0 Å². The Morgan fingerprint density at radius 1 is 1.30 bits per heavy atom. The number of nitrogens with zero attached hydrogens (tertiary/aromatic N) is 2. The highest BCUT2D eigenvalue weighted by Crippen LogP contribution is 2.23. The van der Waals surface area contributed by atoms with Crippen LogP contribution in [0.1, 0.15) is 29.8 Å². The van der Waals surface area contributed by atoms with Gasteiger partial charge in [-0.2, -0.15) is 0 Å². The lowest BCUT2D eigenvalue weighted by atomic mass is 10.1. The molecule has 1 atom stereocenters. The SMILES string of the molecule is CC(c1cccc(Cl)c1)N(C)Cc1ccnc(CN)c1. The maximum Gasteiger partial charge on any atom is 0.0542 e. The fraction of sp³-hybridized carbons (Fsp3) is 0.312. The number of nitrogens with two attached hydrogens (primary N) is 1. The summed E-state index contributed by atoms with van der Waals surface area (Å²) in [5.41, 5.74) is 8.98. The van der Waals surface area contributed by atoms with Crippen LogP contribution in [-0.4, -0.2) is 16.9 Å². The summed E-state index contributed by atoms with van der Waals surface area (Å²) in [4.78, 5) is 6.50. The second-order valence-corrected chi connectivity index (χ2v) is 5.44. The summed E-state index contributed by atoms with van der Waals surface area (Å²) in [6, 6.07) is 12.4. The first-order valence-electron chi connectivity index (χ1n) is 6.69. The van der Waals surface area contributed by atoms with Gasteiger partial charge >= 0.3 is 0 Å². The minimum absolute atomic E-state index is 0.295. The molecule has 2 rings (SSSR count). The van der Waals surface area contributed by atoms with Crippen molar-refractivity contribution >= 4 is 11.6 Å². The molecule has 0 spiro atoms. The van der Waals surface area contributed by atoms with Crippen LogP contribution in [0.15, 0.2) is 42.6 Å². The van der Waals surface area contributed by atoms with E-state index in [1.807, 2.05) is 30.5 Å². The molecule has 106 valence electrons. The molecule has 0 aliphatic heterocycles. The van der Waals surface area contributed by atoms with Crippen molar-refractivity contribution in [1.29, 1.82) is 0 Å². The van der Waals surface area contributed by atoms with Gasteiger partial charge in [-0.05, 0) is 49.4 Å². The standard InChI is InChI=1S/C16H20ClN3/c1-12(14-4-3-5-15(17)9-14)20(2)11-13-6-7-19-16(8-13)10-18/h3-9,12H,10-11,18H2,1-2H3. The molecule has 2 N–H and O–H groups in total. The Bertz CT molecular complexity index is 571. The van der Waals surface area contributed by atoms with E-state index in [9.17, 15) is 0 Å². The van der Waals surface area contributed by atoms with Gasteiger partial charge in [0.1, 0.15) is 0 Å². The molecule has 20 heavy (non-hydrogen) atoms. The summed E-state index contributed by atoms with van der Waals surface area (Å²) in [7, 11) is 2.11. The average Bonchev–Trinajstić information content (AvgIpc) is 2.46. The van der Waals surface area contributed by atoms with Crippen LogP contribution in [0.4, 0.5) is 0 Å². The summed E-state index contributed by atoms with van der Waals surface area (Å²) < 4.78 is 0. The molecule has 2 aromatic rings. The van der Waals surface area contributed by atoms with Gasteiger partial charge in [-0.15, -0.1) is 0 Å². The van der Waals surface area contributed by atoms with Gasteiger partial charge in [-0.25, -0.2) is 0 Å². The molecule has 0 aliphatic carbocycles. The van der Waals surface area contributed by atoms with Crippen molar-refractivity contribution in [2.24, 2.45) is 5.73 Å². The molecule has 0 amide bonds. The highest BCUT2D eigenvalue weighted by Gasteiger charge is 2.12. The zero-order chi connectivity index (χ0) is 14.5. The van der Waals surface area contributed by atoms with E-state index in [4.69, 9.17) is 17.3 Å². The van der Waals surface area contributed by atoms with Crippen LogP contribution in [0.25, 0.3) is 0 Å². The number of hydrogen-bond acceptors (Lipinski definition) is 3.